The van der Waals surface area contributed by atoms with Gasteiger partial charge in [0.1, 0.15) is 6.61 Å². The first-order valence-corrected chi connectivity index (χ1v) is 17.1. The van der Waals surface area contributed by atoms with Crippen LogP contribution in [0.5, 0.6) is 0 Å². The summed E-state index contributed by atoms with van der Waals surface area (Å²) in [6.07, 6.45) is 34.1. The van der Waals surface area contributed by atoms with Gasteiger partial charge in [-0.3, -0.25) is 14.1 Å². The van der Waals surface area contributed by atoms with Crippen LogP contribution in [0.15, 0.2) is 60.8 Å². The molecule has 0 amide bonds. The summed E-state index contributed by atoms with van der Waals surface area (Å²) in [5.74, 6) is -1.04. The molecule has 2 N–H and O–H groups in total. The molecule has 0 aromatic carbocycles. The standard InChI is InChI=1S/C33H55O8P/c1-3-5-7-9-11-13-14-15-16-17-18-20-22-24-26-28-33(35)41-31(30-40-42(36,37)38)29-39-32(34)27-25-23-21-19-12-10-8-6-4-2/h5,7,11,13,15-16,18,20,24,26,31H,3-4,6,8-10,12,14,17,19,21-23,25,27-30H2,1-2H3,(H2,36,37,38)/b7-5-,13-11-,16-15-,20-18-,26-24-. The van der Waals surface area contributed by atoms with Gasteiger partial charge in [-0.25, -0.2) is 4.57 Å². The first kappa shape index (κ1) is 39.8. The van der Waals surface area contributed by atoms with Crippen molar-refractivity contribution in [1.29, 1.82) is 0 Å². The Balaban J connectivity index is 4.24. The van der Waals surface area contributed by atoms with Crippen molar-refractivity contribution in [2.75, 3.05) is 13.2 Å². The molecule has 1 unspecified atom stereocenters. The number of allylic oxidation sites excluding steroid dienone is 9. The predicted octanol–water partition coefficient (Wildman–Crippen LogP) is 8.61. The minimum absolute atomic E-state index is 0.0215. The van der Waals surface area contributed by atoms with E-state index in [1.807, 2.05) is 18.2 Å². The number of rotatable bonds is 27. The van der Waals surface area contributed by atoms with Crippen LogP contribution >= 0.6 is 7.82 Å². The molecule has 8 nitrogen and oxygen atoms in total. The predicted molar refractivity (Wildman–Crippen MR) is 170 cm³/mol. The van der Waals surface area contributed by atoms with Gasteiger partial charge in [-0.2, -0.15) is 0 Å². The third kappa shape index (κ3) is 30.7. The zero-order valence-electron chi connectivity index (χ0n) is 25.9. The molecule has 0 aliphatic carbocycles. The van der Waals surface area contributed by atoms with Gasteiger partial charge in [-0.05, 0) is 38.5 Å². The highest BCUT2D eigenvalue weighted by Crippen LogP contribution is 2.35. The Morgan fingerprint density at radius 3 is 1.62 bits per heavy atom. The highest BCUT2D eigenvalue weighted by molar-refractivity contribution is 7.46. The first-order valence-electron chi connectivity index (χ1n) is 15.6. The average molecular weight is 611 g/mol. The smallest absolute Gasteiger partial charge is 0.462 e. The Kier molecular flexibility index (Phi) is 27.3. The Bertz CT molecular complexity index is 869. The summed E-state index contributed by atoms with van der Waals surface area (Å²) in [7, 11) is -4.77. The molecule has 0 aliphatic heterocycles. The van der Waals surface area contributed by atoms with Crippen LogP contribution in [0.3, 0.4) is 0 Å². The Labute approximate surface area is 254 Å². The summed E-state index contributed by atoms with van der Waals surface area (Å²) in [6.45, 7) is 3.42. The fourth-order valence-corrected chi connectivity index (χ4v) is 4.16. The van der Waals surface area contributed by atoms with Gasteiger partial charge in [-0.1, -0.05) is 126 Å². The van der Waals surface area contributed by atoms with Crippen molar-refractivity contribution in [3.05, 3.63) is 60.8 Å². The zero-order valence-corrected chi connectivity index (χ0v) is 26.8. The molecule has 0 heterocycles. The van der Waals surface area contributed by atoms with Crippen LogP contribution in [-0.4, -0.2) is 41.0 Å². The van der Waals surface area contributed by atoms with Gasteiger partial charge in [0.25, 0.3) is 0 Å². The summed E-state index contributed by atoms with van der Waals surface area (Å²) < 4.78 is 26.0. The van der Waals surface area contributed by atoms with Crippen molar-refractivity contribution < 1.29 is 37.9 Å². The summed E-state index contributed by atoms with van der Waals surface area (Å²) in [5, 5.41) is 0. The maximum Gasteiger partial charge on any atom is 0.469 e. The summed E-state index contributed by atoms with van der Waals surface area (Å²) in [4.78, 5) is 42.3. The topological polar surface area (TPSA) is 119 Å². The van der Waals surface area contributed by atoms with E-state index < -0.39 is 32.5 Å². The molecule has 0 saturated heterocycles. The molecule has 9 heteroatoms. The van der Waals surface area contributed by atoms with E-state index >= 15 is 0 Å². The second-order valence-electron chi connectivity index (χ2n) is 10.1. The molecule has 0 rings (SSSR count). The van der Waals surface area contributed by atoms with Crippen LogP contribution in [0.1, 0.15) is 117 Å². The minimum atomic E-state index is -4.77. The van der Waals surface area contributed by atoms with E-state index in [0.29, 0.717) is 12.8 Å². The lowest BCUT2D eigenvalue weighted by molar-refractivity contribution is -0.160. The van der Waals surface area contributed by atoms with Crippen LogP contribution in [0, 0.1) is 0 Å². The second-order valence-corrected chi connectivity index (χ2v) is 11.3. The van der Waals surface area contributed by atoms with E-state index in [4.69, 9.17) is 19.3 Å². The number of phosphoric ester groups is 1. The van der Waals surface area contributed by atoms with E-state index in [9.17, 15) is 14.2 Å². The fourth-order valence-electron chi connectivity index (χ4n) is 3.80. The van der Waals surface area contributed by atoms with E-state index in [1.54, 1.807) is 6.08 Å². The van der Waals surface area contributed by atoms with Crippen molar-refractivity contribution in [3.63, 3.8) is 0 Å². The van der Waals surface area contributed by atoms with Crippen molar-refractivity contribution in [3.8, 4) is 0 Å². The molecule has 0 saturated carbocycles. The molecule has 42 heavy (non-hydrogen) atoms. The monoisotopic (exact) mass is 610 g/mol. The normalized spacial score (nSPS) is 13.3. The summed E-state index contributed by atoms with van der Waals surface area (Å²) in [6, 6.07) is 0. The van der Waals surface area contributed by atoms with Crippen LogP contribution < -0.4 is 0 Å². The molecule has 0 aliphatic rings. The number of hydrogen-bond acceptors (Lipinski definition) is 6. The second kappa shape index (κ2) is 28.9. The Morgan fingerprint density at radius 1 is 0.643 bits per heavy atom. The third-order valence-electron chi connectivity index (χ3n) is 6.08. The zero-order chi connectivity index (χ0) is 31.2. The quantitative estimate of drug-likeness (QED) is 0.0411. The van der Waals surface area contributed by atoms with E-state index in [1.165, 1.54) is 32.1 Å². The number of carbonyl (C=O) groups excluding carboxylic acids is 2. The number of esters is 2. The van der Waals surface area contributed by atoms with Crippen LogP contribution in [0.4, 0.5) is 0 Å². The molecule has 240 valence electrons. The largest absolute Gasteiger partial charge is 0.469 e. The fraction of sp³-hybridized carbons (Fsp3) is 0.636. The van der Waals surface area contributed by atoms with Crippen molar-refractivity contribution in [2.24, 2.45) is 0 Å². The van der Waals surface area contributed by atoms with Gasteiger partial charge in [-0.15, -0.1) is 0 Å². The lowest BCUT2D eigenvalue weighted by atomic mass is 10.1. The molecule has 0 aromatic heterocycles. The highest BCUT2D eigenvalue weighted by atomic mass is 31.2. The number of ether oxygens (including phenoxy) is 2. The number of phosphoric acid groups is 1. The van der Waals surface area contributed by atoms with E-state index in [-0.39, 0.29) is 19.4 Å². The average Bonchev–Trinajstić information content (AvgIpc) is 2.95. The van der Waals surface area contributed by atoms with Gasteiger partial charge in [0.15, 0.2) is 6.10 Å². The van der Waals surface area contributed by atoms with E-state index in [2.05, 4.69) is 54.8 Å². The molecule has 0 radical (unpaired) electrons. The van der Waals surface area contributed by atoms with Gasteiger partial charge >= 0.3 is 19.8 Å². The summed E-state index contributed by atoms with van der Waals surface area (Å²) in [5.41, 5.74) is 0. The molecule has 0 fully saturated rings. The molecule has 0 aromatic rings. The maximum atomic E-state index is 12.2. The van der Waals surface area contributed by atoms with Crippen LogP contribution in [0.2, 0.25) is 0 Å². The molecule has 0 bridgehead atoms. The summed E-state index contributed by atoms with van der Waals surface area (Å²) >= 11 is 0. The minimum Gasteiger partial charge on any atom is -0.462 e. The lowest BCUT2D eigenvalue weighted by Crippen LogP contribution is -2.29. The lowest BCUT2D eigenvalue weighted by Gasteiger charge is -2.18. The van der Waals surface area contributed by atoms with Crippen molar-refractivity contribution in [2.45, 2.75) is 123 Å². The van der Waals surface area contributed by atoms with Gasteiger partial charge in [0.05, 0.1) is 13.0 Å². The molecule has 0 spiro atoms. The molecular formula is C33H55O8P. The van der Waals surface area contributed by atoms with Crippen molar-refractivity contribution in [1.82, 2.24) is 0 Å². The van der Waals surface area contributed by atoms with Crippen LogP contribution in [0.25, 0.3) is 0 Å². The number of carbonyl (C=O) groups is 2. The maximum absolute atomic E-state index is 12.2. The highest BCUT2D eigenvalue weighted by Gasteiger charge is 2.22. The van der Waals surface area contributed by atoms with Gasteiger partial charge < -0.3 is 19.3 Å². The first-order chi connectivity index (χ1) is 20.3. The third-order valence-corrected chi connectivity index (χ3v) is 6.57. The number of unbranched alkanes of at least 4 members (excludes halogenated alkanes) is 8. The van der Waals surface area contributed by atoms with Crippen molar-refractivity contribution >= 4 is 19.8 Å². The number of hydrogen-bond donors (Lipinski definition) is 2. The Hall–Kier alpha value is -2.25. The van der Waals surface area contributed by atoms with Gasteiger partial charge in [0.2, 0.25) is 0 Å². The SMILES string of the molecule is CC/C=C\C/C=C\C/C=C\C/C=C\C/C=C\CC(=O)OC(COC(=O)CCCCCCCCCCC)COP(=O)(O)O. The Morgan fingerprint density at radius 2 is 1.12 bits per heavy atom. The van der Waals surface area contributed by atoms with Gasteiger partial charge in [0, 0.05) is 6.42 Å². The molecule has 1 atom stereocenters. The van der Waals surface area contributed by atoms with E-state index in [0.717, 1.165) is 44.9 Å². The molecular weight excluding hydrogens is 555 g/mol. The van der Waals surface area contributed by atoms with Crippen LogP contribution in [-0.2, 0) is 28.2 Å².